The van der Waals surface area contributed by atoms with E-state index in [0.717, 1.165) is 23.1 Å². The predicted octanol–water partition coefficient (Wildman–Crippen LogP) is 2.53. The van der Waals surface area contributed by atoms with Crippen molar-refractivity contribution in [1.29, 1.82) is 0 Å². The minimum atomic E-state index is 0.785. The van der Waals surface area contributed by atoms with Crippen LogP contribution < -0.4 is 5.32 Å². The van der Waals surface area contributed by atoms with Crippen LogP contribution in [0.5, 0.6) is 0 Å². The van der Waals surface area contributed by atoms with Gasteiger partial charge in [0.15, 0.2) is 0 Å². The lowest BCUT2D eigenvalue weighted by Gasteiger charge is -2.04. The lowest BCUT2D eigenvalue weighted by atomic mass is 10.2. The van der Waals surface area contributed by atoms with Crippen molar-refractivity contribution in [2.24, 2.45) is 0 Å². The van der Waals surface area contributed by atoms with Gasteiger partial charge in [-0.05, 0) is 17.7 Å². The van der Waals surface area contributed by atoms with E-state index in [1.54, 1.807) is 0 Å². The second-order valence-corrected chi connectivity index (χ2v) is 4.40. The molecular formula is C12H12BrN3. The number of aromatic nitrogens is 2. The third-order valence-electron chi connectivity index (χ3n) is 2.16. The van der Waals surface area contributed by atoms with Gasteiger partial charge in [-0.2, -0.15) is 0 Å². The first kappa shape index (κ1) is 11.2. The van der Waals surface area contributed by atoms with Gasteiger partial charge in [-0.25, -0.2) is 9.97 Å². The summed E-state index contributed by atoms with van der Waals surface area (Å²) in [6.07, 6.45) is 5.18. The summed E-state index contributed by atoms with van der Waals surface area (Å²) >= 11 is 3.45. The summed E-state index contributed by atoms with van der Waals surface area (Å²) in [7, 11) is 0. The zero-order valence-corrected chi connectivity index (χ0v) is 10.3. The molecule has 0 amide bonds. The van der Waals surface area contributed by atoms with Crippen molar-refractivity contribution in [3.05, 3.63) is 58.6 Å². The van der Waals surface area contributed by atoms with Crippen molar-refractivity contribution in [2.45, 2.75) is 13.1 Å². The van der Waals surface area contributed by atoms with Gasteiger partial charge in [-0.3, -0.25) is 0 Å². The molecule has 0 saturated carbocycles. The van der Waals surface area contributed by atoms with Crippen LogP contribution in [-0.2, 0) is 13.1 Å². The molecule has 0 aliphatic heterocycles. The quantitative estimate of drug-likeness (QED) is 0.933. The Hall–Kier alpha value is -1.26. The zero-order valence-electron chi connectivity index (χ0n) is 8.73. The van der Waals surface area contributed by atoms with Crippen LogP contribution in [0.25, 0.3) is 0 Å². The third kappa shape index (κ3) is 3.40. The average molecular weight is 278 g/mol. The molecule has 3 nitrogen and oxygen atoms in total. The molecule has 0 aliphatic rings. The predicted molar refractivity (Wildman–Crippen MR) is 66.7 cm³/mol. The van der Waals surface area contributed by atoms with Crippen LogP contribution >= 0.6 is 15.9 Å². The van der Waals surface area contributed by atoms with E-state index in [1.807, 2.05) is 24.5 Å². The first-order valence-electron chi connectivity index (χ1n) is 5.03. The van der Waals surface area contributed by atoms with Crippen LogP contribution in [0.4, 0.5) is 0 Å². The smallest absolute Gasteiger partial charge is 0.115 e. The van der Waals surface area contributed by atoms with Crippen LogP contribution in [0, 0.1) is 0 Å². The number of halogens is 1. The van der Waals surface area contributed by atoms with Crippen LogP contribution in [0.2, 0.25) is 0 Å². The fourth-order valence-corrected chi connectivity index (χ4v) is 1.87. The molecule has 0 bridgehead atoms. The SMILES string of the molecule is Brc1cccc(CNCc2cncnc2)c1. The van der Waals surface area contributed by atoms with E-state index in [9.17, 15) is 0 Å². The summed E-state index contributed by atoms with van der Waals surface area (Å²) in [5, 5.41) is 3.34. The maximum atomic E-state index is 3.97. The Morgan fingerprint density at radius 2 is 1.81 bits per heavy atom. The molecule has 1 heterocycles. The maximum Gasteiger partial charge on any atom is 0.115 e. The highest BCUT2D eigenvalue weighted by Crippen LogP contribution is 2.11. The summed E-state index contributed by atoms with van der Waals surface area (Å²) < 4.78 is 1.11. The summed E-state index contributed by atoms with van der Waals surface area (Å²) in [6.45, 7) is 1.63. The van der Waals surface area contributed by atoms with E-state index in [0.29, 0.717) is 0 Å². The van der Waals surface area contributed by atoms with Crippen molar-refractivity contribution >= 4 is 15.9 Å². The minimum Gasteiger partial charge on any atom is -0.309 e. The van der Waals surface area contributed by atoms with Gasteiger partial charge in [0.2, 0.25) is 0 Å². The molecule has 1 aromatic carbocycles. The molecule has 2 rings (SSSR count). The number of benzene rings is 1. The van der Waals surface area contributed by atoms with Gasteiger partial charge in [0.25, 0.3) is 0 Å². The Labute approximate surface area is 103 Å². The van der Waals surface area contributed by atoms with Gasteiger partial charge in [0.05, 0.1) is 0 Å². The Morgan fingerprint density at radius 1 is 1.06 bits per heavy atom. The Morgan fingerprint density at radius 3 is 2.56 bits per heavy atom. The fourth-order valence-electron chi connectivity index (χ4n) is 1.42. The van der Waals surface area contributed by atoms with Gasteiger partial charge < -0.3 is 5.32 Å². The standard InChI is InChI=1S/C12H12BrN3/c13-12-3-1-2-10(4-12)5-14-6-11-7-15-9-16-8-11/h1-4,7-9,14H,5-6H2. The van der Waals surface area contributed by atoms with E-state index < -0.39 is 0 Å². The molecule has 0 radical (unpaired) electrons. The van der Waals surface area contributed by atoms with Gasteiger partial charge in [-0.1, -0.05) is 28.1 Å². The summed E-state index contributed by atoms with van der Waals surface area (Å²) in [5.74, 6) is 0. The lowest BCUT2D eigenvalue weighted by Crippen LogP contribution is -2.12. The fraction of sp³-hybridized carbons (Fsp3) is 0.167. The highest BCUT2D eigenvalue weighted by atomic mass is 79.9. The van der Waals surface area contributed by atoms with Crippen LogP contribution in [0.3, 0.4) is 0 Å². The van der Waals surface area contributed by atoms with E-state index in [-0.39, 0.29) is 0 Å². The first-order chi connectivity index (χ1) is 7.84. The Kier molecular flexibility index (Phi) is 4.02. The number of hydrogen-bond acceptors (Lipinski definition) is 3. The van der Waals surface area contributed by atoms with Gasteiger partial charge in [-0.15, -0.1) is 0 Å². The second kappa shape index (κ2) is 5.72. The van der Waals surface area contributed by atoms with Gasteiger partial charge in [0, 0.05) is 35.5 Å². The molecule has 0 spiro atoms. The molecule has 4 heteroatoms. The van der Waals surface area contributed by atoms with E-state index in [2.05, 4.69) is 43.3 Å². The third-order valence-corrected chi connectivity index (χ3v) is 2.65. The summed E-state index contributed by atoms with van der Waals surface area (Å²) in [4.78, 5) is 7.93. The van der Waals surface area contributed by atoms with Crippen molar-refractivity contribution < 1.29 is 0 Å². The molecule has 2 aromatic rings. The molecule has 16 heavy (non-hydrogen) atoms. The zero-order chi connectivity index (χ0) is 11.2. The van der Waals surface area contributed by atoms with Gasteiger partial charge in [0.1, 0.15) is 6.33 Å². The molecule has 0 saturated heterocycles. The van der Waals surface area contributed by atoms with Crippen molar-refractivity contribution in [3.63, 3.8) is 0 Å². The molecule has 0 unspecified atom stereocenters. The van der Waals surface area contributed by atoms with E-state index >= 15 is 0 Å². The number of nitrogens with zero attached hydrogens (tertiary/aromatic N) is 2. The molecule has 82 valence electrons. The average Bonchev–Trinajstić information content (AvgIpc) is 2.30. The lowest BCUT2D eigenvalue weighted by molar-refractivity contribution is 0.688. The van der Waals surface area contributed by atoms with Crippen LogP contribution in [0.15, 0.2) is 47.5 Å². The monoisotopic (exact) mass is 277 g/mol. The van der Waals surface area contributed by atoms with Crippen molar-refractivity contribution in [2.75, 3.05) is 0 Å². The number of rotatable bonds is 4. The molecule has 0 atom stereocenters. The van der Waals surface area contributed by atoms with E-state index in [1.165, 1.54) is 11.9 Å². The molecule has 0 aliphatic carbocycles. The maximum absolute atomic E-state index is 3.97. The largest absolute Gasteiger partial charge is 0.309 e. The number of nitrogens with one attached hydrogen (secondary N) is 1. The highest BCUT2D eigenvalue weighted by molar-refractivity contribution is 9.10. The first-order valence-corrected chi connectivity index (χ1v) is 5.83. The normalized spacial score (nSPS) is 10.3. The Balaban J connectivity index is 1.85. The second-order valence-electron chi connectivity index (χ2n) is 3.48. The van der Waals surface area contributed by atoms with Gasteiger partial charge >= 0.3 is 0 Å². The van der Waals surface area contributed by atoms with Crippen LogP contribution in [0.1, 0.15) is 11.1 Å². The van der Waals surface area contributed by atoms with Crippen molar-refractivity contribution in [1.82, 2.24) is 15.3 Å². The number of hydrogen-bond donors (Lipinski definition) is 1. The topological polar surface area (TPSA) is 37.8 Å². The Bertz CT molecular complexity index is 445. The minimum absolute atomic E-state index is 0.785. The molecule has 1 N–H and O–H groups in total. The van der Waals surface area contributed by atoms with Crippen LogP contribution in [-0.4, -0.2) is 9.97 Å². The molecule has 1 aromatic heterocycles. The van der Waals surface area contributed by atoms with Crippen molar-refractivity contribution in [3.8, 4) is 0 Å². The molecular weight excluding hydrogens is 266 g/mol. The summed E-state index contributed by atoms with van der Waals surface area (Å²) in [6, 6.07) is 8.26. The summed E-state index contributed by atoms with van der Waals surface area (Å²) in [5.41, 5.74) is 2.35. The molecule has 0 fully saturated rings. The highest BCUT2D eigenvalue weighted by Gasteiger charge is 1.95. The van der Waals surface area contributed by atoms with E-state index in [4.69, 9.17) is 0 Å².